The minimum atomic E-state index is -0.653. The fourth-order valence-electron chi connectivity index (χ4n) is 12.3. The number of para-hydroxylation sites is 3. The standard InChI is InChI=1S/C82H73F2N4O.Pt/c1-79(2,3)57-36-37-85-76(47-57)88-72-31-20-19-28-68(72)69-35-34-64(50-75(69)88)89-65-43-56(77-66(52-24-15-13-16-25-52)29-23-30-67(77)53-26-17-14-18-27-53)42-63(49-65)86-51-87(74-33-22-21-32-73(74)86)78-70(54-38-58(80(4,5)6)44-59(39-54)81(7,8)9)45-60(82(10,11)12)46-71(78)55-40-61(83)48-62(84)41-55;/h13-48,51H,1-12H3;/q-3;. The second-order valence-electron chi connectivity index (χ2n) is 27.7. The zero-order valence-electron chi connectivity index (χ0n) is 53.1. The van der Waals surface area contributed by atoms with E-state index in [4.69, 9.17) is 9.72 Å². The van der Waals surface area contributed by atoms with E-state index in [1.807, 2.05) is 36.5 Å². The fraction of sp³-hybridized carbons (Fsp3) is 0.195. The summed E-state index contributed by atoms with van der Waals surface area (Å²) in [6.45, 7) is 28.8. The van der Waals surface area contributed by atoms with E-state index < -0.39 is 11.6 Å². The van der Waals surface area contributed by atoms with Crippen molar-refractivity contribution in [3.63, 3.8) is 0 Å². The zero-order chi connectivity index (χ0) is 62.3. The van der Waals surface area contributed by atoms with Gasteiger partial charge < -0.3 is 19.1 Å². The SMILES string of the molecule is CC(C)(C)c1cc(-c2cc(C(C)(C)C)cc(-c3cc(F)cc(F)c3)c2N2[CH-]N(c3[c-]c(Oc4[c-]c5c(cc4)c4ccccc4n5-c4cc(C(C)(C)C)ccn4)cc(-c4c(-c5ccccc5)cccc4-c4ccccc4)c3)c3ccccc32)cc(C(C)(C)C)c1.[Pt]. The van der Waals surface area contributed by atoms with Crippen LogP contribution in [0.2, 0.25) is 0 Å². The molecule has 0 amide bonds. The largest absolute Gasteiger partial charge is 0.509 e. The summed E-state index contributed by atoms with van der Waals surface area (Å²) in [7, 11) is 0. The molecule has 0 atom stereocenters. The summed E-state index contributed by atoms with van der Waals surface area (Å²) in [4.78, 5) is 9.34. The van der Waals surface area contributed by atoms with Crippen LogP contribution in [-0.4, -0.2) is 9.55 Å². The molecule has 1 aliphatic rings. The van der Waals surface area contributed by atoms with Gasteiger partial charge in [-0.05, 0) is 143 Å². The number of rotatable bonds is 10. The van der Waals surface area contributed by atoms with Crippen LogP contribution in [0.4, 0.5) is 31.5 Å². The molecule has 90 heavy (non-hydrogen) atoms. The quantitative estimate of drug-likeness (QED) is 0.128. The van der Waals surface area contributed by atoms with Crippen LogP contribution in [0.15, 0.2) is 219 Å². The van der Waals surface area contributed by atoms with Crippen LogP contribution in [0.3, 0.4) is 0 Å². The maximum Gasteiger partial charge on any atom is 0.135 e. The Hall–Kier alpha value is -8.90. The third kappa shape index (κ3) is 11.8. The number of benzene rings is 10. The molecule has 8 heteroatoms. The number of anilines is 4. The van der Waals surface area contributed by atoms with Crippen molar-refractivity contribution in [1.29, 1.82) is 0 Å². The molecule has 0 N–H and O–H groups in total. The molecule has 13 rings (SSSR count). The molecule has 0 radical (unpaired) electrons. The number of pyridine rings is 1. The summed E-state index contributed by atoms with van der Waals surface area (Å²) in [6.07, 6.45) is 1.89. The van der Waals surface area contributed by atoms with Gasteiger partial charge in [0.15, 0.2) is 0 Å². The minimum Gasteiger partial charge on any atom is -0.509 e. The Morgan fingerprint density at radius 1 is 0.411 bits per heavy atom. The van der Waals surface area contributed by atoms with Crippen LogP contribution in [-0.2, 0) is 42.7 Å². The van der Waals surface area contributed by atoms with Crippen molar-refractivity contribution in [3.05, 3.63) is 271 Å². The van der Waals surface area contributed by atoms with Gasteiger partial charge in [0, 0.05) is 78.5 Å². The molecular weight excluding hydrogens is 1290 g/mol. The monoisotopic (exact) mass is 1360 g/mol. The molecule has 0 bridgehead atoms. The van der Waals surface area contributed by atoms with E-state index in [9.17, 15) is 0 Å². The Morgan fingerprint density at radius 3 is 1.53 bits per heavy atom. The summed E-state index contributed by atoms with van der Waals surface area (Å²) in [5.41, 5.74) is 18.0. The summed E-state index contributed by atoms with van der Waals surface area (Å²) in [5, 5.41) is 2.11. The molecule has 0 saturated heterocycles. The van der Waals surface area contributed by atoms with Crippen LogP contribution in [0.5, 0.6) is 11.5 Å². The van der Waals surface area contributed by atoms with Crippen molar-refractivity contribution >= 4 is 44.6 Å². The van der Waals surface area contributed by atoms with E-state index in [-0.39, 0.29) is 42.7 Å². The van der Waals surface area contributed by atoms with Gasteiger partial charge in [-0.25, -0.2) is 13.8 Å². The van der Waals surface area contributed by atoms with Crippen LogP contribution in [0.25, 0.3) is 83.3 Å². The number of fused-ring (bicyclic) bond motifs is 4. The second kappa shape index (κ2) is 23.5. The Morgan fingerprint density at radius 2 is 0.944 bits per heavy atom. The first-order valence-corrected chi connectivity index (χ1v) is 30.7. The van der Waals surface area contributed by atoms with Gasteiger partial charge in [0.05, 0.1) is 0 Å². The van der Waals surface area contributed by atoms with E-state index in [0.717, 1.165) is 101 Å². The smallest absolute Gasteiger partial charge is 0.135 e. The van der Waals surface area contributed by atoms with E-state index in [1.54, 1.807) is 0 Å². The van der Waals surface area contributed by atoms with Crippen LogP contribution in [0.1, 0.15) is 105 Å². The van der Waals surface area contributed by atoms with Crippen molar-refractivity contribution in [1.82, 2.24) is 9.55 Å². The maximum absolute atomic E-state index is 15.9. The molecular formula is C82H73F2N4OPt-3. The Balaban J connectivity index is 0.00000785. The number of ether oxygens (including phenoxy) is 1. The molecule has 10 aromatic carbocycles. The first-order chi connectivity index (χ1) is 42.4. The average molecular weight is 1360 g/mol. The second-order valence-corrected chi connectivity index (χ2v) is 27.7. The Labute approximate surface area is 543 Å². The molecule has 5 nitrogen and oxygen atoms in total. The van der Waals surface area contributed by atoms with Crippen molar-refractivity contribution in [2.24, 2.45) is 0 Å². The van der Waals surface area contributed by atoms with Gasteiger partial charge in [0.2, 0.25) is 0 Å². The van der Waals surface area contributed by atoms with Crippen molar-refractivity contribution in [3.8, 4) is 73.0 Å². The van der Waals surface area contributed by atoms with Crippen molar-refractivity contribution in [2.75, 3.05) is 9.80 Å². The van der Waals surface area contributed by atoms with Crippen LogP contribution >= 0.6 is 0 Å². The molecule has 1 aliphatic heterocycles. The Bertz CT molecular complexity index is 4580. The molecule has 3 heterocycles. The fourth-order valence-corrected chi connectivity index (χ4v) is 12.3. The van der Waals surface area contributed by atoms with Gasteiger partial charge in [0.25, 0.3) is 0 Å². The minimum absolute atomic E-state index is 0. The van der Waals surface area contributed by atoms with Crippen molar-refractivity contribution in [2.45, 2.75) is 105 Å². The summed E-state index contributed by atoms with van der Waals surface area (Å²) >= 11 is 0. The van der Waals surface area contributed by atoms with Gasteiger partial charge in [-0.1, -0.05) is 216 Å². The molecule has 0 saturated carbocycles. The maximum atomic E-state index is 15.9. The van der Waals surface area contributed by atoms with Crippen LogP contribution in [0, 0.1) is 30.4 Å². The summed E-state index contributed by atoms with van der Waals surface area (Å²) in [6, 6.07) is 79.7. The third-order valence-corrected chi connectivity index (χ3v) is 17.2. The topological polar surface area (TPSA) is 33.5 Å². The molecule has 2 aromatic heterocycles. The van der Waals surface area contributed by atoms with Gasteiger partial charge in [-0.2, -0.15) is 6.07 Å². The number of aromatic nitrogens is 2. The van der Waals surface area contributed by atoms with Crippen molar-refractivity contribution < 1.29 is 34.6 Å². The van der Waals surface area contributed by atoms with Gasteiger partial charge >= 0.3 is 0 Å². The molecule has 454 valence electrons. The Kier molecular flexibility index (Phi) is 16.0. The summed E-state index contributed by atoms with van der Waals surface area (Å²) < 4.78 is 41.2. The average Bonchev–Trinajstić information content (AvgIpc) is 1.48. The van der Waals surface area contributed by atoms with Gasteiger partial charge in [0.1, 0.15) is 17.5 Å². The number of nitrogens with zero attached hydrogens (tertiary/aromatic N) is 4. The molecule has 0 aliphatic carbocycles. The number of halogens is 2. The van der Waals surface area contributed by atoms with E-state index >= 15 is 8.78 Å². The van der Waals surface area contributed by atoms with Gasteiger partial charge in [-0.15, -0.1) is 53.6 Å². The first kappa shape index (κ1) is 61.3. The predicted molar refractivity (Wildman–Crippen MR) is 366 cm³/mol. The normalized spacial score (nSPS) is 12.8. The number of hydrogen-bond donors (Lipinski definition) is 0. The molecule has 0 spiro atoms. The van der Waals surface area contributed by atoms with E-state index in [1.165, 1.54) is 28.8 Å². The van der Waals surface area contributed by atoms with E-state index in [2.05, 4.69) is 280 Å². The molecule has 12 aromatic rings. The summed E-state index contributed by atoms with van der Waals surface area (Å²) in [5.74, 6) is 0.460. The molecule has 0 unspecified atom stereocenters. The predicted octanol–water partition coefficient (Wildman–Crippen LogP) is 22.8. The third-order valence-electron chi connectivity index (χ3n) is 17.2. The first-order valence-electron chi connectivity index (χ1n) is 30.7. The van der Waals surface area contributed by atoms with Gasteiger partial charge in [-0.3, -0.25) is 0 Å². The number of hydrogen-bond acceptors (Lipinski definition) is 4. The van der Waals surface area contributed by atoms with E-state index in [0.29, 0.717) is 28.3 Å². The molecule has 0 fully saturated rings. The van der Waals surface area contributed by atoms with Crippen LogP contribution < -0.4 is 14.5 Å². The zero-order valence-corrected chi connectivity index (χ0v) is 55.4.